The molecule has 0 saturated heterocycles. The number of rotatable bonds is 4. The van der Waals surface area contributed by atoms with Crippen LogP contribution in [0.15, 0.2) is 30.3 Å². The monoisotopic (exact) mass is 242 g/mol. The average molecular weight is 242 g/mol. The molecule has 0 radical (unpaired) electrons. The maximum atomic E-state index is 11.8. The molecule has 0 aromatic heterocycles. The van der Waals surface area contributed by atoms with Crippen LogP contribution in [0.5, 0.6) is 0 Å². The summed E-state index contributed by atoms with van der Waals surface area (Å²) in [5, 5.41) is 0.457. The molecule has 0 saturated carbocycles. The molecule has 2 nitrogen and oxygen atoms in total. The maximum absolute atomic E-state index is 11.8. The van der Waals surface area contributed by atoms with Gasteiger partial charge in [0.25, 0.3) is 0 Å². The second-order valence-corrected chi connectivity index (χ2v) is 8.08. The van der Waals surface area contributed by atoms with E-state index in [-0.39, 0.29) is 0 Å². The second kappa shape index (κ2) is 4.69. The summed E-state index contributed by atoms with van der Waals surface area (Å²) in [7, 11) is 0. The van der Waals surface area contributed by atoms with E-state index < -0.39 is 13.8 Å². The molecule has 1 aromatic carbocycles. The molecular weight excluding hydrogens is 227 g/mol. The number of unbranched alkanes of at least 4 members (excludes halogenated alkanes) is 1. The van der Waals surface area contributed by atoms with Crippen LogP contribution in [0.4, 0.5) is 0 Å². The molecule has 0 spiro atoms. The molecule has 0 aliphatic carbocycles. The van der Waals surface area contributed by atoms with Gasteiger partial charge in [-0.3, -0.25) is 0 Å². The summed E-state index contributed by atoms with van der Waals surface area (Å²) in [4.78, 5) is 0. The van der Waals surface area contributed by atoms with Gasteiger partial charge in [-0.1, -0.05) is 0 Å². The van der Waals surface area contributed by atoms with Crippen LogP contribution in [0.25, 0.3) is 0 Å². The van der Waals surface area contributed by atoms with Crippen molar-refractivity contribution in [1.82, 2.24) is 0 Å². The molecular formula is C10H15AsO2. The van der Waals surface area contributed by atoms with E-state index in [1.165, 1.54) is 0 Å². The first kappa shape index (κ1) is 10.6. The molecule has 1 rings (SSSR count). The SMILES string of the molecule is CCCC[As](=O)(O)c1ccccc1. The number of hydrogen-bond acceptors (Lipinski definition) is 1. The summed E-state index contributed by atoms with van der Waals surface area (Å²) in [5.41, 5.74) is 0. The van der Waals surface area contributed by atoms with Crippen molar-refractivity contribution in [3.8, 4) is 0 Å². The van der Waals surface area contributed by atoms with Crippen molar-refractivity contribution in [3.05, 3.63) is 30.3 Å². The zero-order valence-electron chi connectivity index (χ0n) is 7.81. The van der Waals surface area contributed by atoms with E-state index in [1.54, 1.807) is 12.1 Å². The zero-order chi connectivity index (χ0) is 9.73. The van der Waals surface area contributed by atoms with E-state index >= 15 is 0 Å². The second-order valence-electron chi connectivity index (χ2n) is 3.11. The Labute approximate surface area is 81.6 Å². The van der Waals surface area contributed by atoms with Crippen LogP contribution in [0.1, 0.15) is 19.8 Å². The molecule has 72 valence electrons. The molecule has 1 atom stereocenters. The molecule has 0 heterocycles. The van der Waals surface area contributed by atoms with Gasteiger partial charge in [-0.2, -0.15) is 0 Å². The van der Waals surface area contributed by atoms with Crippen LogP contribution < -0.4 is 4.35 Å². The Morgan fingerprint density at radius 1 is 1.31 bits per heavy atom. The fourth-order valence-corrected chi connectivity index (χ4v) is 4.61. The molecule has 1 N–H and O–H groups in total. The van der Waals surface area contributed by atoms with Crippen LogP contribution in [-0.4, -0.2) is 17.9 Å². The molecule has 0 bridgehead atoms. The topological polar surface area (TPSA) is 37.3 Å². The van der Waals surface area contributed by atoms with Gasteiger partial charge in [-0.25, -0.2) is 0 Å². The van der Waals surface area contributed by atoms with Gasteiger partial charge >= 0.3 is 81.3 Å². The fraction of sp³-hybridized carbons (Fsp3) is 0.400. The predicted octanol–water partition coefficient (Wildman–Crippen LogP) is 1.56. The third-order valence-corrected chi connectivity index (χ3v) is 6.23. The Morgan fingerprint density at radius 3 is 2.46 bits per heavy atom. The Morgan fingerprint density at radius 2 is 1.92 bits per heavy atom. The minimum atomic E-state index is -3.69. The summed E-state index contributed by atoms with van der Waals surface area (Å²) in [6.07, 6.45) is 1.81. The first-order valence-electron chi connectivity index (χ1n) is 4.54. The van der Waals surface area contributed by atoms with Gasteiger partial charge in [0.15, 0.2) is 0 Å². The van der Waals surface area contributed by atoms with Crippen molar-refractivity contribution in [2.75, 3.05) is 0 Å². The van der Waals surface area contributed by atoms with E-state index in [2.05, 4.69) is 0 Å². The molecule has 0 fully saturated rings. The molecule has 0 aliphatic heterocycles. The Hall–Kier alpha value is -0.462. The fourth-order valence-electron chi connectivity index (χ4n) is 1.16. The van der Waals surface area contributed by atoms with E-state index in [0.717, 1.165) is 12.8 Å². The van der Waals surface area contributed by atoms with Crippen LogP contribution in [0.2, 0.25) is 5.21 Å². The van der Waals surface area contributed by atoms with Gasteiger partial charge in [0.05, 0.1) is 0 Å². The summed E-state index contributed by atoms with van der Waals surface area (Å²) in [6.45, 7) is 2.03. The van der Waals surface area contributed by atoms with Crippen molar-refractivity contribution in [3.63, 3.8) is 0 Å². The van der Waals surface area contributed by atoms with Crippen molar-refractivity contribution in [1.29, 1.82) is 0 Å². The van der Waals surface area contributed by atoms with Crippen molar-refractivity contribution in [2.24, 2.45) is 0 Å². The van der Waals surface area contributed by atoms with Crippen molar-refractivity contribution in [2.45, 2.75) is 25.0 Å². The van der Waals surface area contributed by atoms with Crippen LogP contribution in [-0.2, 0) is 3.74 Å². The predicted molar refractivity (Wildman–Crippen MR) is 54.5 cm³/mol. The summed E-state index contributed by atoms with van der Waals surface area (Å²) < 4.78 is 22.2. The van der Waals surface area contributed by atoms with Crippen molar-refractivity contribution >= 4 is 18.2 Å². The molecule has 13 heavy (non-hydrogen) atoms. The molecule has 1 unspecified atom stereocenters. The number of hydrogen-bond donors (Lipinski definition) is 1. The van der Waals surface area contributed by atoms with Gasteiger partial charge in [0, 0.05) is 0 Å². The van der Waals surface area contributed by atoms with Crippen LogP contribution in [0, 0.1) is 0 Å². The van der Waals surface area contributed by atoms with Gasteiger partial charge in [-0.15, -0.1) is 0 Å². The Bertz CT molecular complexity index is 295. The molecule has 1 aromatic rings. The van der Waals surface area contributed by atoms with Gasteiger partial charge in [0.1, 0.15) is 0 Å². The van der Waals surface area contributed by atoms with Gasteiger partial charge in [-0.05, 0) is 0 Å². The van der Waals surface area contributed by atoms with Crippen LogP contribution in [0.3, 0.4) is 0 Å². The standard InChI is InChI=1S/C10H15AsO2/c1-2-3-9-11(12,13)10-7-5-4-6-8-10/h4-8H,2-3,9H2,1H3,(H,12,13). The Balaban J connectivity index is 2.76. The molecule has 0 amide bonds. The average Bonchev–Trinajstić information content (AvgIpc) is 2.16. The van der Waals surface area contributed by atoms with E-state index in [4.69, 9.17) is 0 Å². The first-order valence-corrected chi connectivity index (χ1v) is 8.41. The molecule has 0 aliphatic rings. The third kappa shape index (κ3) is 3.05. The third-order valence-electron chi connectivity index (χ3n) is 1.97. The quantitative estimate of drug-likeness (QED) is 0.813. The van der Waals surface area contributed by atoms with Crippen LogP contribution >= 0.6 is 0 Å². The Kier molecular flexibility index (Phi) is 3.83. The number of benzene rings is 1. The van der Waals surface area contributed by atoms with Gasteiger partial charge < -0.3 is 0 Å². The summed E-state index contributed by atoms with van der Waals surface area (Å²) in [6, 6.07) is 8.97. The normalized spacial score (nSPS) is 15.2. The molecule has 3 heteroatoms. The van der Waals surface area contributed by atoms with E-state index in [1.807, 2.05) is 25.1 Å². The summed E-state index contributed by atoms with van der Waals surface area (Å²) >= 11 is -3.69. The first-order chi connectivity index (χ1) is 6.17. The van der Waals surface area contributed by atoms with Crippen molar-refractivity contribution < 1.29 is 7.84 Å². The summed E-state index contributed by atoms with van der Waals surface area (Å²) in [5.74, 6) is 0. The van der Waals surface area contributed by atoms with E-state index in [0.29, 0.717) is 9.56 Å². The van der Waals surface area contributed by atoms with Gasteiger partial charge in [0.2, 0.25) is 0 Å². The minimum absolute atomic E-state index is 0.457. The zero-order valence-corrected chi connectivity index (χ0v) is 9.69. The van der Waals surface area contributed by atoms with E-state index in [9.17, 15) is 7.84 Å².